The number of nitrogens with zero attached hydrogens (tertiary/aromatic N) is 2. The van der Waals surface area contributed by atoms with Crippen molar-refractivity contribution in [2.45, 2.75) is 43.6 Å². The fourth-order valence-electron chi connectivity index (χ4n) is 4.05. The summed E-state index contributed by atoms with van der Waals surface area (Å²) in [5, 5.41) is 0. The molecule has 0 spiro atoms. The molecule has 1 heterocycles. The maximum Gasteiger partial charge on any atom is 0.233 e. The van der Waals surface area contributed by atoms with Crippen LogP contribution < -0.4 is 4.74 Å². The molecule has 1 saturated carbocycles. The molecule has 1 aliphatic heterocycles. The molecule has 0 N–H and O–H groups in total. The normalized spacial score (nSPS) is 21.5. The van der Waals surface area contributed by atoms with E-state index in [-0.39, 0.29) is 11.3 Å². The van der Waals surface area contributed by atoms with Crippen LogP contribution in [0.4, 0.5) is 0 Å². The fraction of sp³-hybridized carbons (Fsp3) is 0.632. The lowest BCUT2D eigenvalue weighted by atomic mass is 9.63. The van der Waals surface area contributed by atoms with Gasteiger partial charge in [-0.2, -0.15) is 0 Å². The Morgan fingerprint density at radius 2 is 1.91 bits per heavy atom. The van der Waals surface area contributed by atoms with Crippen LogP contribution in [0.1, 0.15) is 37.7 Å². The second-order valence-corrected chi connectivity index (χ2v) is 7.09. The second-order valence-electron chi connectivity index (χ2n) is 7.09. The van der Waals surface area contributed by atoms with Crippen LogP contribution in [0.5, 0.6) is 5.75 Å². The van der Waals surface area contributed by atoms with Crippen LogP contribution >= 0.6 is 0 Å². The second kappa shape index (κ2) is 6.52. The Morgan fingerprint density at radius 3 is 2.48 bits per heavy atom. The molecular formula is C19H28N2O2. The zero-order chi connectivity index (χ0) is 16.4. The third-order valence-corrected chi connectivity index (χ3v) is 5.80. The van der Waals surface area contributed by atoms with Gasteiger partial charge in [-0.05, 0) is 51.9 Å². The van der Waals surface area contributed by atoms with Gasteiger partial charge >= 0.3 is 0 Å². The molecule has 1 amide bonds. The van der Waals surface area contributed by atoms with Crippen molar-refractivity contribution in [3.05, 3.63) is 29.8 Å². The Bertz CT molecular complexity index is 560. The van der Waals surface area contributed by atoms with Crippen molar-refractivity contribution in [2.24, 2.45) is 0 Å². The number of carbonyl (C=O) groups is 1. The third kappa shape index (κ3) is 2.85. The summed E-state index contributed by atoms with van der Waals surface area (Å²) in [5.74, 6) is 1.13. The molecule has 0 atom stereocenters. The van der Waals surface area contributed by atoms with Gasteiger partial charge in [-0.25, -0.2) is 0 Å². The molecule has 1 aromatic rings. The van der Waals surface area contributed by atoms with E-state index in [1.807, 2.05) is 30.1 Å². The fourth-order valence-corrected chi connectivity index (χ4v) is 4.05. The number of hydrogen-bond acceptors (Lipinski definition) is 3. The van der Waals surface area contributed by atoms with Crippen molar-refractivity contribution < 1.29 is 9.53 Å². The van der Waals surface area contributed by atoms with Gasteiger partial charge in [0.25, 0.3) is 0 Å². The molecule has 1 aromatic carbocycles. The first-order valence-corrected chi connectivity index (χ1v) is 8.68. The smallest absolute Gasteiger partial charge is 0.233 e. The van der Waals surface area contributed by atoms with E-state index in [4.69, 9.17) is 4.74 Å². The summed E-state index contributed by atoms with van der Waals surface area (Å²) >= 11 is 0. The maximum absolute atomic E-state index is 13.4. The molecule has 0 unspecified atom stereocenters. The monoisotopic (exact) mass is 316 g/mol. The van der Waals surface area contributed by atoms with Gasteiger partial charge in [0, 0.05) is 18.7 Å². The number of carbonyl (C=O) groups excluding carboxylic acids is 1. The Morgan fingerprint density at radius 1 is 1.26 bits per heavy atom. The van der Waals surface area contributed by atoms with Gasteiger partial charge in [0.1, 0.15) is 5.75 Å². The zero-order valence-corrected chi connectivity index (χ0v) is 14.5. The molecule has 0 bridgehead atoms. The summed E-state index contributed by atoms with van der Waals surface area (Å²) in [4.78, 5) is 17.7. The van der Waals surface area contributed by atoms with E-state index in [0.29, 0.717) is 6.04 Å². The van der Waals surface area contributed by atoms with Crippen molar-refractivity contribution in [1.29, 1.82) is 0 Å². The van der Waals surface area contributed by atoms with Gasteiger partial charge in [0.15, 0.2) is 0 Å². The quantitative estimate of drug-likeness (QED) is 0.856. The van der Waals surface area contributed by atoms with Crippen LogP contribution in [-0.4, -0.2) is 56.0 Å². The van der Waals surface area contributed by atoms with Crippen LogP contribution in [0.25, 0.3) is 0 Å². The number of likely N-dealkylation sites (N-methyl/N-ethyl adjacent to an activating group) is 1. The highest BCUT2D eigenvalue weighted by molar-refractivity contribution is 5.90. The number of benzene rings is 1. The lowest BCUT2D eigenvalue weighted by Gasteiger charge is -2.46. The molecule has 0 aromatic heterocycles. The summed E-state index contributed by atoms with van der Waals surface area (Å²) in [6, 6.07) is 8.39. The molecule has 0 radical (unpaired) electrons. The predicted octanol–water partition coefficient (Wildman–Crippen LogP) is 2.67. The van der Waals surface area contributed by atoms with Gasteiger partial charge in [-0.15, -0.1) is 0 Å². The van der Waals surface area contributed by atoms with Gasteiger partial charge in [0.2, 0.25) is 5.91 Å². The summed E-state index contributed by atoms with van der Waals surface area (Å²) in [7, 11) is 5.84. The highest BCUT2D eigenvalue weighted by Crippen LogP contribution is 2.48. The number of rotatable bonds is 4. The molecule has 4 heteroatoms. The van der Waals surface area contributed by atoms with Crippen LogP contribution in [0.2, 0.25) is 0 Å². The van der Waals surface area contributed by atoms with E-state index < -0.39 is 0 Å². The number of para-hydroxylation sites is 1. The molecule has 4 nitrogen and oxygen atoms in total. The van der Waals surface area contributed by atoms with Crippen molar-refractivity contribution in [3.8, 4) is 5.75 Å². The number of methoxy groups -OCH3 is 1. The molecule has 23 heavy (non-hydrogen) atoms. The van der Waals surface area contributed by atoms with Gasteiger partial charge in [-0.3, -0.25) is 4.79 Å². The van der Waals surface area contributed by atoms with Gasteiger partial charge in [0.05, 0.1) is 12.5 Å². The Hall–Kier alpha value is -1.55. The highest BCUT2D eigenvalue weighted by Gasteiger charge is 2.49. The van der Waals surface area contributed by atoms with E-state index in [1.54, 1.807) is 7.11 Å². The van der Waals surface area contributed by atoms with E-state index >= 15 is 0 Å². The summed E-state index contributed by atoms with van der Waals surface area (Å²) in [6.07, 6.45) is 5.12. The number of amides is 1. The van der Waals surface area contributed by atoms with Crippen molar-refractivity contribution in [2.75, 3.05) is 34.3 Å². The lowest BCUT2D eigenvalue weighted by molar-refractivity contribution is -0.142. The first-order valence-electron chi connectivity index (χ1n) is 8.68. The van der Waals surface area contributed by atoms with Crippen molar-refractivity contribution in [1.82, 2.24) is 9.80 Å². The average Bonchev–Trinajstić information content (AvgIpc) is 2.54. The molecule has 3 rings (SSSR count). The molecular weight excluding hydrogens is 288 g/mol. The average molecular weight is 316 g/mol. The number of hydrogen-bond donors (Lipinski definition) is 0. The maximum atomic E-state index is 13.4. The standard InChI is InChI=1S/C19H28N2O2/c1-20-13-9-15(10-14-20)21(2)18(22)19(11-6-12-19)16-7-4-5-8-17(16)23-3/h4-5,7-8,15H,6,9-14H2,1-3H3. The summed E-state index contributed by atoms with van der Waals surface area (Å²) in [6.45, 7) is 2.15. The number of piperidine rings is 1. The van der Waals surface area contributed by atoms with Crippen LogP contribution in [-0.2, 0) is 10.2 Å². The Kier molecular flexibility index (Phi) is 4.62. The summed E-state index contributed by atoms with van der Waals surface area (Å²) in [5.41, 5.74) is 0.698. The lowest BCUT2D eigenvalue weighted by Crippen LogP contribution is -2.54. The molecule has 2 fully saturated rings. The predicted molar refractivity (Wildman–Crippen MR) is 91.8 cm³/mol. The van der Waals surface area contributed by atoms with E-state index in [1.165, 1.54) is 0 Å². The Labute approximate surface area is 139 Å². The van der Waals surface area contributed by atoms with Crippen LogP contribution in [0.15, 0.2) is 24.3 Å². The van der Waals surface area contributed by atoms with Crippen molar-refractivity contribution in [3.63, 3.8) is 0 Å². The minimum atomic E-state index is -0.370. The molecule has 1 saturated heterocycles. The van der Waals surface area contributed by atoms with Crippen LogP contribution in [0.3, 0.4) is 0 Å². The largest absolute Gasteiger partial charge is 0.496 e. The SMILES string of the molecule is COc1ccccc1C1(C(=O)N(C)C2CCN(C)CC2)CCC1. The first kappa shape index (κ1) is 16.3. The zero-order valence-electron chi connectivity index (χ0n) is 14.5. The van der Waals surface area contributed by atoms with Gasteiger partial charge in [-0.1, -0.05) is 24.6 Å². The van der Waals surface area contributed by atoms with E-state index in [9.17, 15) is 4.79 Å². The topological polar surface area (TPSA) is 32.8 Å². The number of ether oxygens (including phenoxy) is 1. The molecule has 2 aliphatic rings. The van der Waals surface area contributed by atoms with Gasteiger partial charge < -0.3 is 14.5 Å². The van der Waals surface area contributed by atoms with Crippen LogP contribution in [0, 0.1) is 0 Å². The third-order valence-electron chi connectivity index (χ3n) is 5.80. The van der Waals surface area contributed by atoms with E-state index in [2.05, 4.69) is 18.0 Å². The minimum absolute atomic E-state index is 0.280. The summed E-state index contributed by atoms with van der Waals surface area (Å²) < 4.78 is 5.54. The first-order chi connectivity index (χ1) is 11.1. The van der Waals surface area contributed by atoms with Crippen molar-refractivity contribution >= 4 is 5.91 Å². The number of likely N-dealkylation sites (tertiary alicyclic amines) is 1. The Balaban J connectivity index is 1.83. The van der Waals surface area contributed by atoms with E-state index in [0.717, 1.165) is 56.5 Å². The minimum Gasteiger partial charge on any atom is -0.496 e. The molecule has 126 valence electrons. The highest BCUT2D eigenvalue weighted by atomic mass is 16.5. The molecule has 1 aliphatic carbocycles.